The molecule has 3 N–H and O–H groups in total. The Labute approximate surface area is 126 Å². The van der Waals surface area contributed by atoms with E-state index >= 15 is 0 Å². The molecule has 118 valence electrons. The highest BCUT2D eigenvalue weighted by atomic mass is 16.5. The zero-order valence-electron chi connectivity index (χ0n) is 12.9. The standard InChI is InChI=1S/C16H26N2O3/c1-3-20-14-8-7-12(10-15(14)21-4-2)16(18-17)13-6-5-9-19-11-13/h7-8,10,13,16,18H,3-6,9,11,17H2,1-2H3. The van der Waals surface area contributed by atoms with E-state index in [-0.39, 0.29) is 6.04 Å². The van der Waals surface area contributed by atoms with Crippen molar-refractivity contribution >= 4 is 0 Å². The highest BCUT2D eigenvalue weighted by molar-refractivity contribution is 5.44. The summed E-state index contributed by atoms with van der Waals surface area (Å²) >= 11 is 0. The molecule has 0 radical (unpaired) electrons. The van der Waals surface area contributed by atoms with Crippen molar-refractivity contribution in [2.24, 2.45) is 11.8 Å². The number of ether oxygens (including phenoxy) is 3. The summed E-state index contributed by atoms with van der Waals surface area (Å²) in [6, 6.07) is 6.10. The first-order valence-corrected chi connectivity index (χ1v) is 7.73. The second-order valence-corrected chi connectivity index (χ2v) is 5.19. The Balaban J connectivity index is 2.21. The predicted molar refractivity (Wildman–Crippen MR) is 82.4 cm³/mol. The normalized spacial score (nSPS) is 20.0. The van der Waals surface area contributed by atoms with Gasteiger partial charge < -0.3 is 14.2 Å². The summed E-state index contributed by atoms with van der Waals surface area (Å²) in [7, 11) is 0. The minimum absolute atomic E-state index is 0.0696. The molecule has 1 aromatic carbocycles. The second-order valence-electron chi connectivity index (χ2n) is 5.19. The van der Waals surface area contributed by atoms with Gasteiger partial charge in [-0.05, 0) is 44.4 Å². The molecular weight excluding hydrogens is 268 g/mol. The van der Waals surface area contributed by atoms with E-state index in [1.807, 2.05) is 32.0 Å². The van der Waals surface area contributed by atoms with E-state index in [9.17, 15) is 0 Å². The lowest BCUT2D eigenvalue weighted by molar-refractivity contribution is 0.0389. The maximum atomic E-state index is 5.78. The van der Waals surface area contributed by atoms with Crippen molar-refractivity contribution in [1.29, 1.82) is 0 Å². The molecule has 1 aromatic rings. The third-order valence-corrected chi connectivity index (χ3v) is 3.77. The van der Waals surface area contributed by atoms with Crippen molar-refractivity contribution in [2.75, 3.05) is 26.4 Å². The summed E-state index contributed by atoms with van der Waals surface area (Å²) in [5, 5.41) is 0. The monoisotopic (exact) mass is 294 g/mol. The average molecular weight is 294 g/mol. The van der Waals surface area contributed by atoms with Crippen molar-refractivity contribution < 1.29 is 14.2 Å². The van der Waals surface area contributed by atoms with Gasteiger partial charge >= 0.3 is 0 Å². The lowest BCUT2D eigenvalue weighted by Gasteiger charge is -2.30. The molecule has 1 aliphatic heterocycles. The van der Waals surface area contributed by atoms with Crippen LogP contribution in [0.4, 0.5) is 0 Å². The predicted octanol–water partition coefficient (Wildman–Crippen LogP) is 2.42. The number of hydrogen-bond acceptors (Lipinski definition) is 5. The quantitative estimate of drug-likeness (QED) is 0.597. The summed E-state index contributed by atoms with van der Waals surface area (Å²) in [6.07, 6.45) is 2.20. The fraction of sp³-hybridized carbons (Fsp3) is 0.625. The van der Waals surface area contributed by atoms with Crippen LogP contribution >= 0.6 is 0 Å². The number of nitrogens with two attached hydrogens (primary N) is 1. The van der Waals surface area contributed by atoms with E-state index in [1.54, 1.807) is 0 Å². The molecule has 21 heavy (non-hydrogen) atoms. The minimum atomic E-state index is 0.0696. The molecular formula is C16H26N2O3. The molecule has 2 rings (SSSR count). The maximum absolute atomic E-state index is 5.78. The lowest BCUT2D eigenvalue weighted by Crippen LogP contribution is -2.37. The lowest BCUT2D eigenvalue weighted by atomic mass is 9.89. The Morgan fingerprint density at radius 2 is 2.05 bits per heavy atom. The Bertz CT molecular complexity index is 434. The summed E-state index contributed by atoms with van der Waals surface area (Å²) < 4.78 is 16.9. The van der Waals surface area contributed by atoms with Crippen LogP contribution in [0.2, 0.25) is 0 Å². The van der Waals surface area contributed by atoms with E-state index in [0.29, 0.717) is 19.1 Å². The molecule has 0 saturated carbocycles. The van der Waals surface area contributed by atoms with Gasteiger partial charge in [-0.15, -0.1) is 0 Å². The zero-order valence-corrected chi connectivity index (χ0v) is 12.9. The topological polar surface area (TPSA) is 65.7 Å². The van der Waals surface area contributed by atoms with Crippen molar-refractivity contribution in [3.63, 3.8) is 0 Å². The zero-order chi connectivity index (χ0) is 15.1. The van der Waals surface area contributed by atoms with E-state index in [4.69, 9.17) is 20.1 Å². The third kappa shape index (κ3) is 4.09. The van der Waals surface area contributed by atoms with Crippen molar-refractivity contribution in [3.05, 3.63) is 23.8 Å². The van der Waals surface area contributed by atoms with Gasteiger partial charge in [0.05, 0.1) is 25.9 Å². The Morgan fingerprint density at radius 3 is 2.67 bits per heavy atom. The summed E-state index contributed by atoms with van der Waals surface area (Å²) in [5.41, 5.74) is 4.04. The van der Waals surface area contributed by atoms with Crippen LogP contribution in [0.25, 0.3) is 0 Å². The van der Waals surface area contributed by atoms with Crippen LogP contribution < -0.4 is 20.7 Å². The molecule has 1 saturated heterocycles. The maximum Gasteiger partial charge on any atom is 0.161 e. The first-order valence-electron chi connectivity index (χ1n) is 7.73. The smallest absolute Gasteiger partial charge is 0.161 e. The van der Waals surface area contributed by atoms with Crippen LogP contribution in [0.5, 0.6) is 11.5 Å². The highest BCUT2D eigenvalue weighted by Gasteiger charge is 2.25. The van der Waals surface area contributed by atoms with Gasteiger partial charge in [0.1, 0.15) is 0 Å². The van der Waals surface area contributed by atoms with Gasteiger partial charge in [-0.2, -0.15) is 0 Å². The molecule has 2 atom stereocenters. The molecule has 5 nitrogen and oxygen atoms in total. The molecule has 2 unspecified atom stereocenters. The van der Waals surface area contributed by atoms with Crippen LogP contribution in [-0.2, 0) is 4.74 Å². The average Bonchev–Trinajstić information content (AvgIpc) is 2.52. The van der Waals surface area contributed by atoms with Crippen LogP contribution in [0.15, 0.2) is 18.2 Å². The summed E-state index contributed by atoms with van der Waals surface area (Å²) in [6.45, 7) is 6.75. The molecule has 1 heterocycles. The molecule has 1 aliphatic rings. The van der Waals surface area contributed by atoms with E-state index in [1.165, 1.54) is 0 Å². The number of hydrogen-bond donors (Lipinski definition) is 2. The van der Waals surface area contributed by atoms with Gasteiger partial charge in [0.15, 0.2) is 11.5 Å². The van der Waals surface area contributed by atoms with Gasteiger partial charge in [0.25, 0.3) is 0 Å². The first-order chi connectivity index (χ1) is 10.3. The molecule has 0 spiro atoms. The van der Waals surface area contributed by atoms with Crippen molar-refractivity contribution in [3.8, 4) is 11.5 Å². The molecule has 0 amide bonds. The van der Waals surface area contributed by atoms with Crippen LogP contribution in [0.3, 0.4) is 0 Å². The molecule has 0 bridgehead atoms. The first kappa shape index (κ1) is 16.1. The van der Waals surface area contributed by atoms with Crippen molar-refractivity contribution in [2.45, 2.75) is 32.7 Å². The minimum Gasteiger partial charge on any atom is -0.490 e. The van der Waals surface area contributed by atoms with Crippen LogP contribution in [0, 0.1) is 5.92 Å². The summed E-state index contributed by atoms with van der Waals surface area (Å²) in [5.74, 6) is 7.71. The Morgan fingerprint density at radius 1 is 1.29 bits per heavy atom. The van der Waals surface area contributed by atoms with Crippen LogP contribution in [-0.4, -0.2) is 26.4 Å². The van der Waals surface area contributed by atoms with E-state index < -0.39 is 0 Å². The highest BCUT2D eigenvalue weighted by Crippen LogP contribution is 2.34. The van der Waals surface area contributed by atoms with E-state index in [2.05, 4.69) is 5.43 Å². The Hall–Kier alpha value is -1.30. The van der Waals surface area contributed by atoms with Gasteiger partial charge in [-0.25, -0.2) is 0 Å². The molecule has 0 aromatic heterocycles. The van der Waals surface area contributed by atoms with Gasteiger partial charge in [0.2, 0.25) is 0 Å². The SMILES string of the molecule is CCOc1ccc(C(NN)C2CCCOC2)cc1OCC. The Kier molecular flexibility index (Phi) is 6.29. The largest absolute Gasteiger partial charge is 0.490 e. The fourth-order valence-corrected chi connectivity index (χ4v) is 2.79. The van der Waals surface area contributed by atoms with Gasteiger partial charge in [-0.1, -0.05) is 6.07 Å². The molecule has 1 fully saturated rings. The summed E-state index contributed by atoms with van der Waals surface area (Å²) in [4.78, 5) is 0. The fourth-order valence-electron chi connectivity index (χ4n) is 2.79. The van der Waals surface area contributed by atoms with Crippen molar-refractivity contribution in [1.82, 2.24) is 5.43 Å². The second kappa shape index (κ2) is 8.22. The van der Waals surface area contributed by atoms with E-state index in [0.717, 1.165) is 43.1 Å². The number of benzene rings is 1. The molecule has 0 aliphatic carbocycles. The number of hydrazine groups is 1. The van der Waals surface area contributed by atoms with Crippen LogP contribution in [0.1, 0.15) is 38.3 Å². The molecule has 5 heteroatoms. The number of rotatable bonds is 7. The number of nitrogens with one attached hydrogen (secondary N) is 1. The third-order valence-electron chi connectivity index (χ3n) is 3.77. The van der Waals surface area contributed by atoms with Gasteiger partial charge in [0, 0.05) is 12.5 Å². The van der Waals surface area contributed by atoms with Gasteiger partial charge in [-0.3, -0.25) is 11.3 Å².